The van der Waals surface area contributed by atoms with E-state index in [4.69, 9.17) is 0 Å². The Labute approximate surface area is 122 Å². The molecule has 2 nitrogen and oxygen atoms in total. The van der Waals surface area contributed by atoms with E-state index in [0.717, 1.165) is 18.7 Å². The molecule has 0 fully saturated rings. The molecular formula is C17H28FNO. The van der Waals surface area contributed by atoms with Crippen molar-refractivity contribution in [2.75, 3.05) is 13.1 Å². The fourth-order valence-corrected chi connectivity index (χ4v) is 2.33. The van der Waals surface area contributed by atoms with Gasteiger partial charge in [0.1, 0.15) is 5.82 Å². The number of hydrogen-bond acceptors (Lipinski definition) is 2. The molecule has 114 valence electrons. The van der Waals surface area contributed by atoms with Crippen molar-refractivity contribution in [2.24, 2.45) is 0 Å². The predicted molar refractivity (Wildman–Crippen MR) is 82.2 cm³/mol. The number of benzene rings is 1. The second-order valence-electron chi connectivity index (χ2n) is 5.69. The van der Waals surface area contributed by atoms with Crippen LogP contribution in [0.2, 0.25) is 0 Å². The Bertz CT molecular complexity index is 364. The van der Waals surface area contributed by atoms with Crippen LogP contribution in [0.5, 0.6) is 0 Å². The van der Waals surface area contributed by atoms with E-state index in [0.29, 0.717) is 12.5 Å². The summed E-state index contributed by atoms with van der Waals surface area (Å²) in [6, 6.07) is 6.63. The van der Waals surface area contributed by atoms with Gasteiger partial charge in [0, 0.05) is 12.6 Å². The quantitative estimate of drug-likeness (QED) is 0.687. The molecule has 1 unspecified atom stereocenters. The zero-order chi connectivity index (χ0) is 15.0. The molecule has 0 bridgehead atoms. The molecule has 1 rings (SSSR count). The average molecular weight is 281 g/mol. The highest BCUT2D eigenvalue weighted by molar-refractivity contribution is 5.18. The summed E-state index contributed by atoms with van der Waals surface area (Å²) in [6.45, 7) is 8.55. The standard InChI is InChI=1S/C17H28FNO/c1-4-5-6-12-19(14(2)3)13-11-17(20)15-7-9-16(18)10-8-15/h7-10,14,17,20H,4-6,11-13H2,1-3H3. The van der Waals surface area contributed by atoms with Gasteiger partial charge in [0.05, 0.1) is 6.10 Å². The number of rotatable bonds is 9. The van der Waals surface area contributed by atoms with Crippen LogP contribution in [-0.4, -0.2) is 29.1 Å². The summed E-state index contributed by atoms with van der Waals surface area (Å²) in [6.07, 6.45) is 3.87. The SMILES string of the molecule is CCCCCN(CCC(O)c1ccc(F)cc1)C(C)C. The highest BCUT2D eigenvalue weighted by Gasteiger charge is 2.13. The summed E-state index contributed by atoms with van der Waals surface area (Å²) in [5.74, 6) is -0.260. The molecule has 0 aliphatic rings. The van der Waals surface area contributed by atoms with Gasteiger partial charge in [-0.05, 0) is 50.9 Å². The van der Waals surface area contributed by atoms with Crippen molar-refractivity contribution in [3.8, 4) is 0 Å². The Hall–Kier alpha value is -0.930. The lowest BCUT2D eigenvalue weighted by atomic mass is 10.1. The van der Waals surface area contributed by atoms with Gasteiger partial charge in [-0.1, -0.05) is 31.9 Å². The molecule has 0 spiro atoms. The van der Waals surface area contributed by atoms with Gasteiger partial charge in [0.15, 0.2) is 0 Å². The Morgan fingerprint density at radius 1 is 1.10 bits per heavy atom. The van der Waals surface area contributed by atoms with Crippen molar-refractivity contribution >= 4 is 0 Å². The highest BCUT2D eigenvalue weighted by Crippen LogP contribution is 2.18. The summed E-state index contributed by atoms with van der Waals surface area (Å²) >= 11 is 0. The number of aliphatic hydroxyl groups excluding tert-OH is 1. The van der Waals surface area contributed by atoms with Crippen LogP contribution in [0.4, 0.5) is 4.39 Å². The highest BCUT2D eigenvalue weighted by atomic mass is 19.1. The van der Waals surface area contributed by atoms with Crippen molar-refractivity contribution in [3.63, 3.8) is 0 Å². The van der Waals surface area contributed by atoms with Gasteiger partial charge < -0.3 is 10.0 Å². The molecule has 1 aromatic rings. The summed E-state index contributed by atoms with van der Waals surface area (Å²) in [5.41, 5.74) is 0.795. The van der Waals surface area contributed by atoms with E-state index >= 15 is 0 Å². The molecule has 1 aromatic carbocycles. The lowest BCUT2D eigenvalue weighted by Gasteiger charge is -2.27. The Balaban J connectivity index is 2.43. The first-order chi connectivity index (χ1) is 9.54. The summed E-state index contributed by atoms with van der Waals surface area (Å²) < 4.78 is 12.9. The van der Waals surface area contributed by atoms with E-state index in [1.54, 1.807) is 12.1 Å². The molecule has 0 aliphatic heterocycles. The van der Waals surface area contributed by atoms with Crippen LogP contribution in [0.15, 0.2) is 24.3 Å². The Morgan fingerprint density at radius 3 is 2.30 bits per heavy atom. The van der Waals surface area contributed by atoms with Gasteiger partial charge in [-0.2, -0.15) is 0 Å². The second kappa shape index (κ2) is 9.09. The second-order valence-corrected chi connectivity index (χ2v) is 5.69. The molecule has 0 aromatic heterocycles. The zero-order valence-electron chi connectivity index (χ0n) is 13.0. The predicted octanol–water partition coefficient (Wildman–Crippen LogP) is 4.15. The molecule has 0 saturated heterocycles. The van der Waals surface area contributed by atoms with E-state index in [9.17, 15) is 9.50 Å². The van der Waals surface area contributed by atoms with E-state index < -0.39 is 6.10 Å². The number of aliphatic hydroxyl groups is 1. The molecule has 0 aliphatic carbocycles. The van der Waals surface area contributed by atoms with E-state index in [1.165, 1.54) is 31.4 Å². The van der Waals surface area contributed by atoms with Crippen molar-refractivity contribution in [1.29, 1.82) is 0 Å². The van der Waals surface area contributed by atoms with Crippen LogP contribution in [0.1, 0.15) is 58.1 Å². The summed E-state index contributed by atoms with van der Waals surface area (Å²) in [4.78, 5) is 2.41. The van der Waals surface area contributed by atoms with Gasteiger partial charge in [-0.15, -0.1) is 0 Å². The fraction of sp³-hybridized carbons (Fsp3) is 0.647. The molecule has 20 heavy (non-hydrogen) atoms. The maximum atomic E-state index is 12.9. The molecule has 0 radical (unpaired) electrons. The minimum absolute atomic E-state index is 0.260. The van der Waals surface area contributed by atoms with Crippen LogP contribution in [0, 0.1) is 5.82 Å². The zero-order valence-corrected chi connectivity index (χ0v) is 13.0. The number of nitrogens with zero attached hydrogens (tertiary/aromatic N) is 1. The largest absolute Gasteiger partial charge is 0.388 e. The molecule has 0 saturated carbocycles. The van der Waals surface area contributed by atoms with Crippen molar-refractivity contribution in [1.82, 2.24) is 4.90 Å². The van der Waals surface area contributed by atoms with Gasteiger partial charge in [-0.25, -0.2) is 4.39 Å². The Morgan fingerprint density at radius 2 is 1.75 bits per heavy atom. The third-order valence-electron chi connectivity index (χ3n) is 3.72. The van der Waals surface area contributed by atoms with Gasteiger partial charge in [0.25, 0.3) is 0 Å². The van der Waals surface area contributed by atoms with Gasteiger partial charge in [-0.3, -0.25) is 0 Å². The van der Waals surface area contributed by atoms with E-state index in [2.05, 4.69) is 25.7 Å². The molecule has 3 heteroatoms. The monoisotopic (exact) mass is 281 g/mol. The van der Waals surface area contributed by atoms with Gasteiger partial charge in [0.2, 0.25) is 0 Å². The lowest BCUT2D eigenvalue weighted by Crippen LogP contribution is -2.33. The Kier molecular flexibility index (Phi) is 7.78. The molecule has 1 N–H and O–H groups in total. The minimum Gasteiger partial charge on any atom is -0.388 e. The molecule has 0 amide bonds. The van der Waals surface area contributed by atoms with Crippen molar-refractivity contribution < 1.29 is 9.50 Å². The van der Waals surface area contributed by atoms with Crippen LogP contribution < -0.4 is 0 Å². The first-order valence-corrected chi connectivity index (χ1v) is 7.72. The first-order valence-electron chi connectivity index (χ1n) is 7.72. The number of halogens is 1. The topological polar surface area (TPSA) is 23.5 Å². The maximum absolute atomic E-state index is 12.9. The van der Waals surface area contributed by atoms with Crippen molar-refractivity contribution in [3.05, 3.63) is 35.6 Å². The number of unbranched alkanes of at least 4 members (excludes halogenated alkanes) is 2. The van der Waals surface area contributed by atoms with Gasteiger partial charge >= 0.3 is 0 Å². The van der Waals surface area contributed by atoms with E-state index in [-0.39, 0.29) is 5.82 Å². The fourth-order valence-electron chi connectivity index (χ4n) is 2.33. The van der Waals surface area contributed by atoms with Crippen LogP contribution in [0.25, 0.3) is 0 Å². The number of hydrogen-bond donors (Lipinski definition) is 1. The van der Waals surface area contributed by atoms with Crippen LogP contribution >= 0.6 is 0 Å². The smallest absolute Gasteiger partial charge is 0.123 e. The van der Waals surface area contributed by atoms with E-state index in [1.807, 2.05) is 0 Å². The summed E-state index contributed by atoms with van der Waals surface area (Å²) in [5, 5.41) is 10.2. The summed E-state index contributed by atoms with van der Waals surface area (Å²) in [7, 11) is 0. The van der Waals surface area contributed by atoms with Crippen LogP contribution in [0.3, 0.4) is 0 Å². The average Bonchev–Trinajstić information content (AvgIpc) is 2.42. The molecule has 0 heterocycles. The molecular weight excluding hydrogens is 253 g/mol. The lowest BCUT2D eigenvalue weighted by molar-refractivity contribution is 0.129. The third kappa shape index (κ3) is 6.02. The normalized spacial score (nSPS) is 13.2. The molecule has 1 atom stereocenters. The maximum Gasteiger partial charge on any atom is 0.123 e. The van der Waals surface area contributed by atoms with Crippen LogP contribution in [-0.2, 0) is 0 Å². The first kappa shape index (κ1) is 17.1. The van der Waals surface area contributed by atoms with Crippen molar-refractivity contribution in [2.45, 2.75) is 58.6 Å². The third-order valence-corrected chi connectivity index (χ3v) is 3.72. The minimum atomic E-state index is -0.511.